The van der Waals surface area contributed by atoms with Gasteiger partial charge in [-0.05, 0) is 62.1 Å². The smallest absolute Gasteiger partial charge is 0.313 e. The Balaban J connectivity index is 1.07. The molecule has 226 valence electrons. The molecule has 1 aromatic carbocycles. The average molecular weight is 580 g/mol. The van der Waals surface area contributed by atoms with Crippen molar-refractivity contribution < 1.29 is 24.7 Å². The van der Waals surface area contributed by atoms with Crippen molar-refractivity contribution >= 4 is 28.0 Å². The number of aromatic amines is 1. The summed E-state index contributed by atoms with van der Waals surface area (Å²) in [6, 6.07) is 7.13. The zero-order valence-electron chi connectivity index (χ0n) is 25.0. The van der Waals surface area contributed by atoms with Crippen molar-refractivity contribution in [3.05, 3.63) is 42.2 Å². The number of anilines is 1. The Bertz CT molecular complexity index is 1570. The van der Waals surface area contributed by atoms with Crippen LogP contribution in [-0.2, 0) is 16.6 Å². The van der Waals surface area contributed by atoms with Gasteiger partial charge in [-0.2, -0.15) is 9.55 Å². The van der Waals surface area contributed by atoms with Gasteiger partial charge in [-0.3, -0.25) is 4.90 Å². The van der Waals surface area contributed by atoms with E-state index in [9.17, 15) is 15.4 Å². The summed E-state index contributed by atoms with van der Waals surface area (Å²) >= 11 is 0. The summed E-state index contributed by atoms with van der Waals surface area (Å²) in [5.74, 6) is 1.75. The van der Waals surface area contributed by atoms with Crippen molar-refractivity contribution in [2.45, 2.75) is 102 Å². The van der Waals surface area contributed by atoms with E-state index in [0.717, 1.165) is 47.3 Å². The number of rotatable bonds is 8. The molecule has 1 aliphatic heterocycles. The molecule has 1 saturated carbocycles. The first kappa shape index (κ1) is 28.8. The van der Waals surface area contributed by atoms with E-state index in [2.05, 4.69) is 72.7 Å². The third-order valence-corrected chi connectivity index (χ3v) is 9.07. The molecule has 0 radical (unpaired) electrons. The SMILES string of the molecule is CC(C)N(CC1OC([n+]2cn(O)c3c(N)ncnc32)C(O)C1O)C1CC(CCc2nc3ccc(C(C)(C)C)cc3[nH]2)C1. The van der Waals surface area contributed by atoms with E-state index in [-0.39, 0.29) is 22.8 Å². The van der Waals surface area contributed by atoms with Crippen molar-refractivity contribution in [2.24, 2.45) is 5.92 Å². The molecule has 2 aliphatic rings. The van der Waals surface area contributed by atoms with Crippen LogP contribution in [0.1, 0.15) is 71.5 Å². The Morgan fingerprint density at radius 2 is 1.95 bits per heavy atom. The van der Waals surface area contributed by atoms with Crippen molar-refractivity contribution in [1.29, 1.82) is 0 Å². The summed E-state index contributed by atoms with van der Waals surface area (Å²) in [5, 5.41) is 32.2. The van der Waals surface area contributed by atoms with Crippen molar-refractivity contribution in [1.82, 2.24) is 29.6 Å². The number of hydrogen-bond donors (Lipinski definition) is 5. The molecule has 42 heavy (non-hydrogen) atoms. The summed E-state index contributed by atoms with van der Waals surface area (Å²) in [6.45, 7) is 11.4. The molecular weight excluding hydrogens is 536 g/mol. The molecule has 0 spiro atoms. The predicted molar refractivity (Wildman–Crippen MR) is 157 cm³/mol. The Morgan fingerprint density at radius 1 is 1.19 bits per heavy atom. The van der Waals surface area contributed by atoms with Crippen LogP contribution in [0.3, 0.4) is 0 Å². The first-order valence-electron chi connectivity index (χ1n) is 14.9. The molecule has 1 aliphatic carbocycles. The number of ether oxygens (including phenoxy) is 1. The largest absolute Gasteiger partial charge is 0.387 e. The summed E-state index contributed by atoms with van der Waals surface area (Å²) in [6.07, 6.45) is 2.93. The number of nitrogens with two attached hydrogens (primary N) is 1. The number of aliphatic hydroxyl groups is 2. The van der Waals surface area contributed by atoms with E-state index in [1.165, 1.54) is 22.8 Å². The van der Waals surface area contributed by atoms with E-state index in [4.69, 9.17) is 15.5 Å². The standard InChI is InChI=1S/C30H43N8O4/c1-16(2)36(13-22-25(39)26(40)29(42-22)37-15-38(41)24-27(31)32-14-33-28(24)37)19-10-17(11-19)6-9-23-34-20-8-7-18(30(3,4)5)12-21(20)35-23/h7-8,12,14-17,19,22,25-26,29,39-41H,6,9-11,13H2,1-5H3,(H,34,35)(H2,31,32,33)/q+1. The number of aryl methyl sites for hydroxylation is 1. The summed E-state index contributed by atoms with van der Waals surface area (Å²) in [7, 11) is 0. The minimum Gasteiger partial charge on any atom is -0.387 e. The fraction of sp³-hybridized carbons (Fsp3) is 0.600. The quantitative estimate of drug-likeness (QED) is 0.156. The molecule has 12 nitrogen and oxygen atoms in total. The fourth-order valence-corrected chi connectivity index (χ4v) is 6.50. The third-order valence-electron chi connectivity index (χ3n) is 9.07. The number of hydrogen-bond acceptors (Lipinski definition) is 9. The number of nitrogens with one attached hydrogen (secondary N) is 1. The van der Waals surface area contributed by atoms with Gasteiger partial charge >= 0.3 is 5.65 Å². The molecule has 4 heterocycles. The van der Waals surface area contributed by atoms with Crippen LogP contribution in [0.2, 0.25) is 0 Å². The molecule has 3 aromatic heterocycles. The van der Waals surface area contributed by atoms with Crippen LogP contribution in [0.5, 0.6) is 0 Å². The first-order valence-corrected chi connectivity index (χ1v) is 14.9. The molecule has 6 N–H and O–H groups in total. The van der Waals surface area contributed by atoms with Crippen molar-refractivity contribution in [2.75, 3.05) is 12.3 Å². The van der Waals surface area contributed by atoms with Crippen LogP contribution in [0.15, 0.2) is 30.9 Å². The van der Waals surface area contributed by atoms with Gasteiger partial charge in [0.1, 0.15) is 24.1 Å². The fourth-order valence-electron chi connectivity index (χ4n) is 6.50. The lowest BCUT2D eigenvalue weighted by Crippen LogP contribution is -2.52. The number of nitrogens with zero attached hydrogens (tertiary/aromatic N) is 6. The van der Waals surface area contributed by atoms with Gasteiger partial charge in [-0.1, -0.05) is 36.6 Å². The molecule has 1 saturated heterocycles. The van der Waals surface area contributed by atoms with E-state index in [1.54, 1.807) is 0 Å². The molecule has 4 atom stereocenters. The number of H-pyrrole nitrogens is 1. The van der Waals surface area contributed by atoms with E-state index < -0.39 is 24.5 Å². The first-order chi connectivity index (χ1) is 19.9. The second-order valence-electron chi connectivity index (χ2n) is 13.3. The number of aromatic nitrogens is 6. The summed E-state index contributed by atoms with van der Waals surface area (Å²) in [5.41, 5.74) is 9.95. The van der Waals surface area contributed by atoms with Crippen LogP contribution in [-0.4, -0.2) is 81.9 Å². The van der Waals surface area contributed by atoms with E-state index in [1.807, 2.05) is 0 Å². The topological polar surface area (TPSA) is 162 Å². The molecule has 4 unspecified atom stereocenters. The van der Waals surface area contributed by atoms with Gasteiger partial charge in [0.2, 0.25) is 12.6 Å². The lowest BCUT2D eigenvalue weighted by atomic mass is 9.76. The minimum absolute atomic E-state index is 0.101. The number of benzene rings is 1. The summed E-state index contributed by atoms with van der Waals surface area (Å²) in [4.78, 5) is 18.8. The van der Waals surface area contributed by atoms with Crippen LogP contribution in [0.25, 0.3) is 22.2 Å². The van der Waals surface area contributed by atoms with Gasteiger partial charge in [-0.25, -0.2) is 4.98 Å². The molecule has 2 fully saturated rings. The Labute approximate surface area is 245 Å². The van der Waals surface area contributed by atoms with E-state index in [0.29, 0.717) is 24.2 Å². The van der Waals surface area contributed by atoms with Crippen molar-refractivity contribution in [3.63, 3.8) is 0 Å². The van der Waals surface area contributed by atoms with Crippen LogP contribution >= 0.6 is 0 Å². The number of aliphatic hydroxyl groups excluding tert-OH is 2. The maximum Gasteiger partial charge on any atom is 0.313 e. The Hall–Kier alpha value is -3.32. The van der Waals surface area contributed by atoms with Gasteiger partial charge in [-0.15, -0.1) is 0 Å². The van der Waals surface area contributed by atoms with Gasteiger partial charge in [0.05, 0.1) is 11.0 Å². The molecule has 6 rings (SSSR count). The normalized spacial score (nSPS) is 26.6. The van der Waals surface area contributed by atoms with Gasteiger partial charge in [0.25, 0.3) is 5.52 Å². The van der Waals surface area contributed by atoms with Gasteiger partial charge in [0.15, 0.2) is 12.1 Å². The second kappa shape index (κ2) is 10.7. The van der Waals surface area contributed by atoms with Gasteiger partial charge in [0, 0.05) is 25.0 Å². The highest BCUT2D eigenvalue weighted by molar-refractivity contribution is 5.78. The zero-order chi connectivity index (χ0) is 29.9. The minimum atomic E-state index is -1.20. The highest BCUT2D eigenvalue weighted by Crippen LogP contribution is 2.38. The maximum atomic E-state index is 11.0. The highest BCUT2D eigenvalue weighted by Gasteiger charge is 2.48. The van der Waals surface area contributed by atoms with Crippen LogP contribution in [0, 0.1) is 5.92 Å². The molecule has 0 amide bonds. The highest BCUT2D eigenvalue weighted by atomic mass is 16.6. The zero-order valence-corrected chi connectivity index (χ0v) is 25.0. The Kier molecular flexibility index (Phi) is 7.37. The predicted octanol–water partition coefficient (Wildman–Crippen LogP) is 2.45. The van der Waals surface area contributed by atoms with Gasteiger partial charge < -0.3 is 30.9 Å². The van der Waals surface area contributed by atoms with Crippen molar-refractivity contribution in [3.8, 4) is 0 Å². The lowest BCUT2D eigenvalue weighted by molar-refractivity contribution is -0.746. The summed E-state index contributed by atoms with van der Waals surface area (Å²) < 4.78 is 8.50. The Morgan fingerprint density at radius 3 is 2.67 bits per heavy atom. The maximum absolute atomic E-state index is 11.0. The third kappa shape index (κ3) is 5.21. The molecular formula is C30H43N8O4+. The average Bonchev–Trinajstić information content (AvgIpc) is 3.55. The molecule has 4 aromatic rings. The van der Waals surface area contributed by atoms with E-state index >= 15 is 0 Å². The monoisotopic (exact) mass is 579 g/mol. The number of fused-ring (bicyclic) bond motifs is 2. The number of nitrogen functional groups attached to an aromatic ring is 1. The number of imidazole rings is 2. The second-order valence-corrected chi connectivity index (χ2v) is 13.3. The van der Waals surface area contributed by atoms with Crippen LogP contribution < -0.4 is 10.3 Å². The molecule has 12 heteroatoms. The lowest BCUT2D eigenvalue weighted by Gasteiger charge is -2.46. The molecule has 0 bridgehead atoms. The van der Waals surface area contributed by atoms with Crippen LogP contribution in [0.4, 0.5) is 5.82 Å².